The van der Waals surface area contributed by atoms with Crippen LogP contribution in [0.25, 0.3) is 0 Å². The van der Waals surface area contributed by atoms with E-state index in [0.29, 0.717) is 6.54 Å². The van der Waals surface area contributed by atoms with Crippen molar-refractivity contribution < 1.29 is 4.39 Å². The van der Waals surface area contributed by atoms with Crippen LogP contribution in [-0.2, 0) is 13.1 Å². The Morgan fingerprint density at radius 3 is 3.00 bits per heavy atom. The maximum absolute atomic E-state index is 12.9. The van der Waals surface area contributed by atoms with E-state index < -0.39 is 0 Å². The summed E-state index contributed by atoms with van der Waals surface area (Å²) in [5.41, 5.74) is 0.969. The number of aromatic nitrogens is 2. The van der Waals surface area contributed by atoms with Crippen LogP contribution in [0.2, 0.25) is 5.02 Å². The minimum atomic E-state index is -0.382. The maximum atomic E-state index is 12.9. The van der Waals surface area contributed by atoms with Crippen LogP contribution >= 0.6 is 11.6 Å². The fourth-order valence-corrected chi connectivity index (χ4v) is 1.71. The number of nitrogens with one attached hydrogen (secondary N) is 1. The van der Waals surface area contributed by atoms with E-state index >= 15 is 0 Å². The highest BCUT2D eigenvalue weighted by Crippen LogP contribution is 2.15. The molecule has 0 fully saturated rings. The van der Waals surface area contributed by atoms with Crippen LogP contribution in [0.4, 0.5) is 4.39 Å². The van der Waals surface area contributed by atoms with Gasteiger partial charge in [0.05, 0.1) is 11.6 Å². The lowest BCUT2D eigenvalue weighted by Gasteiger charge is -2.06. The van der Waals surface area contributed by atoms with E-state index in [2.05, 4.69) is 10.4 Å². The van der Waals surface area contributed by atoms with E-state index in [-0.39, 0.29) is 10.8 Å². The molecule has 0 atom stereocenters. The normalized spacial score (nSPS) is 10.7. The monoisotopic (exact) mass is 253 g/mol. The third-order valence-electron chi connectivity index (χ3n) is 2.39. The molecular weight excluding hydrogens is 241 g/mol. The summed E-state index contributed by atoms with van der Waals surface area (Å²) in [4.78, 5) is 0. The zero-order valence-corrected chi connectivity index (χ0v) is 9.99. The topological polar surface area (TPSA) is 29.9 Å². The van der Waals surface area contributed by atoms with Crippen molar-refractivity contribution in [3.8, 4) is 0 Å². The molecule has 1 heterocycles. The Kier molecular flexibility index (Phi) is 4.12. The van der Waals surface area contributed by atoms with Crippen molar-refractivity contribution in [2.45, 2.75) is 13.1 Å². The van der Waals surface area contributed by atoms with E-state index in [1.807, 2.05) is 16.9 Å². The number of nitrogens with zero attached hydrogens (tertiary/aromatic N) is 2. The van der Waals surface area contributed by atoms with Crippen molar-refractivity contribution in [3.63, 3.8) is 0 Å². The lowest BCUT2D eigenvalue weighted by molar-refractivity contribution is 0.554. The molecule has 5 heteroatoms. The quantitative estimate of drug-likeness (QED) is 0.830. The van der Waals surface area contributed by atoms with Gasteiger partial charge >= 0.3 is 0 Å². The van der Waals surface area contributed by atoms with E-state index in [1.165, 1.54) is 6.07 Å². The number of benzene rings is 1. The molecule has 0 bridgehead atoms. The van der Waals surface area contributed by atoms with Gasteiger partial charge in [-0.15, -0.1) is 0 Å². The molecule has 1 aromatic carbocycles. The number of hydrogen-bond donors (Lipinski definition) is 1. The Bertz CT molecular complexity index is 471. The van der Waals surface area contributed by atoms with Gasteiger partial charge in [-0.25, -0.2) is 4.39 Å². The average molecular weight is 254 g/mol. The summed E-state index contributed by atoms with van der Waals surface area (Å²) < 4.78 is 14.8. The third-order valence-corrected chi connectivity index (χ3v) is 2.68. The molecular formula is C12H13ClFN3. The summed E-state index contributed by atoms with van der Waals surface area (Å²) >= 11 is 5.69. The van der Waals surface area contributed by atoms with Crippen molar-refractivity contribution >= 4 is 11.6 Å². The molecule has 2 aromatic rings. The van der Waals surface area contributed by atoms with Gasteiger partial charge in [-0.05, 0) is 23.8 Å². The Labute approximate surface area is 104 Å². The molecule has 0 aliphatic rings. The van der Waals surface area contributed by atoms with E-state index in [0.717, 1.165) is 18.7 Å². The molecule has 0 saturated carbocycles. The van der Waals surface area contributed by atoms with Gasteiger partial charge in [-0.3, -0.25) is 4.68 Å². The summed E-state index contributed by atoms with van der Waals surface area (Å²) in [5, 5.41) is 7.50. The Balaban J connectivity index is 1.76. The standard InChI is InChI=1S/C12H13ClFN3/c13-11-8-10(2-3-12(11)14)9-15-5-7-17-6-1-4-16-17/h1-4,6,8,15H,5,7,9H2. The first-order valence-electron chi connectivity index (χ1n) is 5.38. The van der Waals surface area contributed by atoms with Crippen molar-refractivity contribution in [2.75, 3.05) is 6.54 Å². The van der Waals surface area contributed by atoms with Crippen LogP contribution in [0.1, 0.15) is 5.56 Å². The highest BCUT2D eigenvalue weighted by molar-refractivity contribution is 6.30. The van der Waals surface area contributed by atoms with Gasteiger partial charge in [0.2, 0.25) is 0 Å². The fraction of sp³-hybridized carbons (Fsp3) is 0.250. The molecule has 0 aliphatic carbocycles. The highest BCUT2D eigenvalue weighted by Gasteiger charge is 2.00. The minimum Gasteiger partial charge on any atom is -0.311 e. The lowest BCUT2D eigenvalue weighted by Crippen LogP contribution is -2.19. The first kappa shape index (κ1) is 12.1. The molecule has 0 saturated heterocycles. The molecule has 0 aliphatic heterocycles. The van der Waals surface area contributed by atoms with Crippen LogP contribution in [0.3, 0.4) is 0 Å². The van der Waals surface area contributed by atoms with Gasteiger partial charge in [-0.1, -0.05) is 17.7 Å². The highest BCUT2D eigenvalue weighted by atomic mass is 35.5. The SMILES string of the molecule is Fc1ccc(CNCCn2cccn2)cc1Cl. The van der Waals surface area contributed by atoms with E-state index in [1.54, 1.807) is 18.3 Å². The van der Waals surface area contributed by atoms with E-state index in [4.69, 9.17) is 11.6 Å². The van der Waals surface area contributed by atoms with Crippen LogP contribution in [0, 0.1) is 5.82 Å². The smallest absolute Gasteiger partial charge is 0.141 e. The molecule has 0 unspecified atom stereocenters. The Hall–Kier alpha value is -1.39. The second-order valence-electron chi connectivity index (χ2n) is 3.69. The Morgan fingerprint density at radius 1 is 1.41 bits per heavy atom. The summed E-state index contributed by atoms with van der Waals surface area (Å²) in [6.07, 6.45) is 3.66. The van der Waals surface area contributed by atoms with E-state index in [9.17, 15) is 4.39 Å². The third kappa shape index (κ3) is 3.54. The van der Waals surface area contributed by atoms with Crippen LogP contribution in [-0.4, -0.2) is 16.3 Å². The molecule has 3 nitrogen and oxygen atoms in total. The second-order valence-corrected chi connectivity index (χ2v) is 4.10. The van der Waals surface area contributed by atoms with Crippen molar-refractivity contribution in [2.24, 2.45) is 0 Å². The first-order valence-corrected chi connectivity index (χ1v) is 5.75. The summed E-state index contributed by atoms with van der Waals surface area (Å²) in [7, 11) is 0. The predicted octanol–water partition coefficient (Wildman–Crippen LogP) is 2.47. The van der Waals surface area contributed by atoms with Gasteiger partial charge in [0.25, 0.3) is 0 Å². The summed E-state index contributed by atoms with van der Waals surface area (Å²) in [6, 6.07) is 6.63. The zero-order chi connectivity index (χ0) is 12.1. The minimum absolute atomic E-state index is 0.163. The number of halogens is 2. The fourth-order valence-electron chi connectivity index (χ4n) is 1.51. The molecule has 1 aromatic heterocycles. The first-order chi connectivity index (χ1) is 8.25. The molecule has 0 radical (unpaired) electrons. The van der Waals surface area contributed by atoms with Gasteiger partial charge in [-0.2, -0.15) is 5.10 Å². The molecule has 1 N–H and O–H groups in total. The molecule has 0 spiro atoms. The maximum Gasteiger partial charge on any atom is 0.141 e. The van der Waals surface area contributed by atoms with Crippen LogP contribution in [0.15, 0.2) is 36.7 Å². The summed E-state index contributed by atoms with van der Waals surface area (Å²) in [5.74, 6) is -0.382. The van der Waals surface area contributed by atoms with Gasteiger partial charge in [0, 0.05) is 25.5 Å². The van der Waals surface area contributed by atoms with Crippen molar-refractivity contribution in [1.29, 1.82) is 0 Å². The predicted molar refractivity (Wildman–Crippen MR) is 65.3 cm³/mol. The van der Waals surface area contributed by atoms with Crippen molar-refractivity contribution in [1.82, 2.24) is 15.1 Å². The lowest BCUT2D eigenvalue weighted by atomic mass is 10.2. The summed E-state index contributed by atoms with van der Waals surface area (Å²) in [6.45, 7) is 2.28. The van der Waals surface area contributed by atoms with Crippen molar-refractivity contribution in [3.05, 3.63) is 53.1 Å². The van der Waals surface area contributed by atoms with Crippen LogP contribution < -0.4 is 5.32 Å². The van der Waals surface area contributed by atoms with Gasteiger partial charge in [0.15, 0.2) is 0 Å². The van der Waals surface area contributed by atoms with Gasteiger partial charge in [0.1, 0.15) is 5.82 Å². The second kappa shape index (κ2) is 5.80. The van der Waals surface area contributed by atoms with Crippen LogP contribution in [0.5, 0.6) is 0 Å². The number of hydrogen-bond acceptors (Lipinski definition) is 2. The average Bonchev–Trinajstić information content (AvgIpc) is 2.82. The molecule has 2 rings (SSSR count). The molecule has 0 amide bonds. The molecule has 17 heavy (non-hydrogen) atoms. The zero-order valence-electron chi connectivity index (χ0n) is 9.24. The molecule has 90 valence electrons. The Morgan fingerprint density at radius 2 is 2.29 bits per heavy atom. The van der Waals surface area contributed by atoms with Gasteiger partial charge < -0.3 is 5.32 Å². The largest absolute Gasteiger partial charge is 0.311 e. The number of rotatable bonds is 5.